The van der Waals surface area contributed by atoms with Crippen molar-refractivity contribution in [3.8, 4) is 0 Å². The number of rotatable bonds is 13. The largest absolute Gasteiger partial charge is 0.466 e. The van der Waals surface area contributed by atoms with Crippen molar-refractivity contribution in [1.82, 2.24) is 5.32 Å². The Hall–Kier alpha value is -1.55. The molecule has 0 aliphatic rings. The van der Waals surface area contributed by atoms with Crippen LogP contribution in [0.2, 0.25) is 5.02 Å². The molecule has 25 heavy (non-hydrogen) atoms. The highest BCUT2D eigenvalue weighted by Crippen LogP contribution is 2.10. The van der Waals surface area contributed by atoms with Crippen LogP contribution in [0, 0.1) is 0 Å². The molecule has 0 saturated heterocycles. The Morgan fingerprint density at radius 1 is 0.960 bits per heavy atom. The summed E-state index contributed by atoms with van der Waals surface area (Å²) in [7, 11) is 0. The lowest BCUT2D eigenvalue weighted by Crippen LogP contribution is -2.26. The third-order valence-electron chi connectivity index (χ3n) is 3.98. The van der Waals surface area contributed by atoms with E-state index < -0.39 is 0 Å². The standard InChI is InChI=1S/C20H30ClNO3/c1-2-3-4-5-6-7-8-9-16-25-19(23)14-15-22-20(24)17-10-12-18(21)13-11-17/h10-13H,2-9,14-16H2,1H3,(H,22,24). The van der Waals surface area contributed by atoms with Crippen molar-refractivity contribution in [2.24, 2.45) is 0 Å². The fraction of sp³-hybridized carbons (Fsp3) is 0.600. The minimum Gasteiger partial charge on any atom is -0.466 e. The molecule has 0 aliphatic heterocycles. The lowest BCUT2D eigenvalue weighted by atomic mass is 10.1. The van der Waals surface area contributed by atoms with Gasteiger partial charge in [-0.3, -0.25) is 9.59 Å². The van der Waals surface area contributed by atoms with Crippen LogP contribution in [0.15, 0.2) is 24.3 Å². The van der Waals surface area contributed by atoms with Crippen LogP contribution >= 0.6 is 11.6 Å². The summed E-state index contributed by atoms with van der Waals surface area (Å²) in [5, 5.41) is 3.29. The summed E-state index contributed by atoms with van der Waals surface area (Å²) < 4.78 is 5.18. The van der Waals surface area contributed by atoms with Gasteiger partial charge in [0.1, 0.15) is 0 Å². The first-order valence-corrected chi connectivity index (χ1v) is 9.70. The van der Waals surface area contributed by atoms with Gasteiger partial charge in [0.15, 0.2) is 0 Å². The lowest BCUT2D eigenvalue weighted by molar-refractivity contribution is -0.143. The molecular formula is C20H30ClNO3. The Bertz CT molecular complexity index is 502. The van der Waals surface area contributed by atoms with Crippen LogP contribution in [-0.4, -0.2) is 25.0 Å². The summed E-state index contributed by atoms with van der Waals surface area (Å²) in [6, 6.07) is 6.62. The van der Waals surface area contributed by atoms with Crippen molar-refractivity contribution in [3.63, 3.8) is 0 Å². The second kappa shape index (κ2) is 13.7. The van der Waals surface area contributed by atoms with Crippen molar-refractivity contribution >= 4 is 23.5 Å². The van der Waals surface area contributed by atoms with E-state index in [1.54, 1.807) is 24.3 Å². The number of ether oxygens (including phenoxy) is 1. The Kier molecular flexibility index (Phi) is 11.8. The first-order valence-electron chi connectivity index (χ1n) is 9.33. The normalized spacial score (nSPS) is 10.5. The lowest BCUT2D eigenvalue weighted by Gasteiger charge is -2.07. The summed E-state index contributed by atoms with van der Waals surface area (Å²) in [5.41, 5.74) is 0.525. The van der Waals surface area contributed by atoms with Crippen molar-refractivity contribution in [2.45, 2.75) is 64.7 Å². The monoisotopic (exact) mass is 367 g/mol. The van der Waals surface area contributed by atoms with E-state index >= 15 is 0 Å². The molecule has 0 atom stereocenters. The Labute approximate surface area is 156 Å². The summed E-state index contributed by atoms with van der Waals surface area (Å²) in [6.07, 6.45) is 9.92. The number of hydrogen-bond donors (Lipinski definition) is 1. The molecule has 0 aliphatic carbocycles. The third-order valence-corrected chi connectivity index (χ3v) is 4.23. The molecule has 0 saturated carbocycles. The van der Waals surface area contributed by atoms with Crippen LogP contribution in [0.25, 0.3) is 0 Å². The maximum Gasteiger partial charge on any atom is 0.307 e. The van der Waals surface area contributed by atoms with Gasteiger partial charge < -0.3 is 10.1 Å². The van der Waals surface area contributed by atoms with Gasteiger partial charge in [0.2, 0.25) is 0 Å². The van der Waals surface area contributed by atoms with Gasteiger partial charge in [0.05, 0.1) is 13.0 Å². The average molecular weight is 368 g/mol. The summed E-state index contributed by atoms with van der Waals surface area (Å²) >= 11 is 5.78. The quantitative estimate of drug-likeness (QED) is 0.387. The number of unbranched alkanes of at least 4 members (excludes halogenated alkanes) is 7. The van der Waals surface area contributed by atoms with E-state index in [0.29, 0.717) is 17.2 Å². The second-order valence-electron chi connectivity index (χ2n) is 6.21. The number of nitrogens with one attached hydrogen (secondary N) is 1. The molecule has 140 valence electrons. The molecule has 0 bridgehead atoms. The average Bonchev–Trinajstić information content (AvgIpc) is 2.61. The Morgan fingerprint density at radius 2 is 1.56 bits per heavy atom. The predicted octanol–water partition coefficient (Wildman–Crippen LogP) is 5.14. The number of esters is 1. The summed E-state index contributed by atoms with van der Waals surface area (Å²) in [5.74, 6) is -0.480. The molecule has 0 heterocycles. The number of hydrogen-bond acceptors (Lipinski definition) is 3. The van der Waals surface area contributed by atoms with E-state index in [9.17, 15) is 9.59 Å². The minimum atomic E-state index is -0.264. The highest BCUT2D eigenvalue weighted by atomic mass is 35.5. The molecule has 5 heteroatoms. The molecule has 0 radical (unpaired) electrons. The number of benzene rings is 1. The molecular weight excluding hydrogens is 338 g/mol. The van der Waals surface area contributed by atoms with Gasteiger partial charge in [0, 0.05) is 17.1 Å². The van der Waals surface area contributed by atoms with E-state index in [1.165, 1.54) is 38.5 Å². The van der Waals surface area contributed by atoms with Crippen LogP contribution in [0.4, 0.5) is 0 Å². The summed E-state index contributed by atoms with van der Waals surface area (Å²) in [6.45, 7) is 2.97. The molecule has 0 unspecified atom stereocenters. The Morgan fingerprint density at radius 3 is 2.20 bits per heavy atom. The van der Waals surface area contributed by atoms with Crippen molar-refractivity contribution in [2.75, 3.05) is 13.2 Å². The van der Waals surface area contributed by atoms with Gasteiger partial charge in [-0.05, 0) is 30.7 Å². The third kappa shape index (κ3) is 10.8. The van der Waals surface area contributed by atoms with E-state index in [0.717, 1.165) is 12.8 Å². The van der Waals surface area contributed by atoms with E-state index in [4.69, 9.17) is 16.3 Å². The minimum absolute atomic E-state index is 0.191. The van der Waals surface area contributed by atoms with Gasteiger partial charge in [-0.25, -0.2) is 0 Å². The molecule has 1 rings (SSSR count). The molecule has 1 aromatic rings. The fourth-order valence-corrected chi connectivity index (χ4v) is 2.60. The molecule has 0 aromatic heterocycles. The van der Waals surface area contributed by atoms with Gasteiger partial charge in [-0.1, -0.05) is 63.5 Å². The van der Waals surface area contributed by atoms with Crippen molar-refractivity contribution in [3.05, 3.63) is 34.9 Å². The molecule has 4 nitrogen and oxygen atoms in total. The number of carbonyl (C=O) groups excluding carboxylic acids is 2. The number of amides is 1. The maximum atomic E-state index is 11.9. The molecule has 0 fully saturated rings. The number of halogens is 1. The van der Waals surface area contributed by atoms with E-state index in [-0.39, 0.29) is 24.8 Å². The first-order chi connectivity index (χ1) is 12.1. The highest BCUT2D eigenvalue weighted by molar-refractivity contribution is 6.30. The smallest absolute Gasteiger partial charge is 0.307 e. The van der Waals surface area contributed by atoms with Gasteiger partial charge >= 0.3 is 5.97 Å². The fourth-order valence-electron chi connectivity index (χ4n) is 2.48. The van der Waals surface area contributed by atoms with Gasteiger partial charge in [0.25, 0.3) is 5.91 Å². The van der Waals surface area contributed by atoms with Gasteiger partial charge in [-0.15, -0.1) is 0 Å². The first kappa shape index (κ1) is 21.5. The molecule has 1 aromatic carbocycles. The number of carbonyl (C=O) groups is 2. The topological polar surface area (TPSA) is 55.4 Å². The van der Waals surface area contributed by atoms with Crippen LogP contribution in [0.5, 0.6) is 0 Å². The van der Waals surface area contributed by atoms with Crippen LogP contribution in [-0.2, 0) is 9.53 Å². The maximum absolute atomic E-state index is 11.9. The van der Waals surface area contributed by atoms with Crippen LogP contribution in [0.3, 0.4) is 0 Å². The van der Waals surface area contributed by atoms with E-state index in [1.807, 2.05) is 0 Å². The molecule has 1 amide bonds. The molecule has 1 N–H and O–H groups in total. The second-order valence-corrected chi connectivity index (χ2v) is 6.64. The zero-order chi connectivity index (χ0) is 18.3. The van der Waals surface area contributed by atoms with Gasteiger partial charge in [-0.2, -0.15) is 0 Å². The zero-order valence-corrected chi connectivity index (χ0v) is 15.9. The van der Waals surface area contributed by atoms with Crippen LogP contribution in [0.1, 0.15) is 75.1 Å². The zero-order valence-electron chi connectivity index (χ0n) is 15.2. The van der Waals surface area contributed by atoms with E-state index in [2.05, 4.69) is 12.2 Å². The predicted molar refractivity (Wildman–Crippen MR) is 102 cm³/mol. The highest BCUT2D eigenvalue weighted by Gasteiger charge is 2.07. The Balaban J connectivity index is 1.98. The summed E-state index contributed by atoms with van der Waals surface area (Å²) in [4.78, 5) is 23.5. The molecule has 0 spiro atoms. The SMILES string of the molecule is CCCCCCCCCCOC(=O)CCNC(=O)c1ccc(Cl)cc1. The van der Waals surface area contributed by atoms with Crippen molar-refractivity contribution < 1.29 is 14.3 Å². The van der Waals surface area contributed by atoms with Crippen molar-refractivity contribution in [1.29, 1.82) is 0 Å². The van der Waals surface area contributed by atoms with Crippen LogP contribution < -0.4 is 5.32 Å².